The van der Waals surface area contributed by atoms with Crippen molar-refractivity contribution in [3.8, 4) is 0 Å². The minimum atomic E-state index is 0.561. The van der Waals surface area contributed by atoms with Gasteiger partial charge in [-0.25, -0.2) is 0 Å². The molecule has 0 saturated heterocycles. The van der Waals surface area contributed by atoms with Gasteiger partial charge >= 0.3 is 0 Å². The van der Waals surface area contributed by atoms with Gasteiger partial charge in [0, 0.05) is 52.0 Å². The van der Waals surface area contributed by atoms with Crippen LogP contribution < -0.4 is 10.6 Å². The molecule has 6 nitrogen and oxygen atoms in total. The molecule has 0 aromatic carbocycles. The molecule has 0 bridgehead atoms. The largest absolute Gasteiger partial charge is 0.356 e. The predicted molar refractivity (Wildman–Crippen MR) is 97.9 cm³/mol. The van der Waals surface area contributed by atoms with Gasteiger partial charge in [-0.2, -0.15) is 5.10 Å². The first kappa shape index (κ1) is 19.5. The summed E-state index contributed by atoms with van der Waals surface area (Å²) in [4.78, 5) is 6.76. The molecule has 0 aliphatic heterocycles. The van der Waals surface area contributed by atoms with Gasteiger partial charge in [-0.05, 0) is 46.1 Å². The fraction of sp³-hybridized carbons (Fsp3) is 0.765. The lowest BCUT2D eigenvalue weighted by Crippen LogP contribution is -2.45. The van der Waals surface area contributed by atoms with E-state index in [9.17, 15) is 0 Å². The van der Waals surface area contributed by atoms with Gasteiger partial charge < -0.3 is 10.6 Å². The second-order valence-electron chi connectivity index (χ2n) is 6.48. The molecule has 1 rings (SSSR count). The maximum absolute atomic E-state index is 4.28. The molecule has 1 heterocycles. The zero-order valence-electron chi connectivity index (χ0n) is 15.6. The second kappa shape index (κ2) is 10.3. The van der Waals surface area contributed by atoms with Crippen molar-refractivity contribution < 1.29 is 0 Å². The molecule has 2 N–H and O–H groups in total. The lowest BCUT2D eigenvalue weighted by molar-refractivity contribution is 0.178. The summed E-state index contributed by atoms with van der Waals surface area (Å²) < 4.78 is 1.85. The van der Waals surface area contributed by atoms with Gasteiger partial charge in [0.1, 0.15) is 0 Å². The monoisotopic (exact) mass is 322 g/mol. The van der Waals surface area contributed by atoms with Crippen molar-refractivity contribution in [2.45, 2.75) is 52.6 Å². The molecule has 0 spiro atoms. The number of aliphatic imine (C=N–C) groups is 1. The van der Waals surface area contributed by atoms with Crippen LogP contribution in [0.3, 0.4) is 0 Å². The Morgan fingerprint density at radius 2 is 1.87 bits per heavy atom. The van der Waals surface area contributed by atoms with Gasteiger partial charge in [0.05, 0.1) is 6.20 Å². The molecule has 23 heavy (non-hydrogen) atoms. The van der Waals surface area contributed by atoms with E-state index in [1.54, 1.807) is 0 Å². The smallest absolute Gasteiger partial charge is 0.191 e. The van der Waals surface area contributed by atoms with Crippen LogP contribution in [0, 0.1) is 0 Å². The van der Waals surface area contributed by atoms with E-state index in [1.165, 1.54) is 5.56 Å². The number of hydrogen-bond acceptors (Lipinski definition) is 3. The lowest BCUT2D eigenvalue weighted by Gasteiger charge is -2.30. The highest BCUT2D eigenvalue weighted by Gasteiger charge is 2.12. The normalized spacial score (nSPS) is 12.5. The Labute approximate surface area is 141 Å². The number of hydrogen-bond donors (Lipinski definition) is 2. The molecular weight excluding hydrogens is 288 g/mol. The highest BCUT2D eigenvalue weighted by Crippen LogP contribution is 2.03. The molecule has 132 valence electrons. The summed E-state index contributed by atoms with van der Waals surface area (Å²) in [6.45, 7) is 11.8. The molecule has 1 aromatic rings. The Hall–Kier alpha value is -1.56. The molecule has 0 aliphatic rings. The zero-order chi connectivity index (χ0) is 17.2. The highest BCUT2D eigenvalue weighted by molar-refractivity contribution is 5.79. The molecule has 0 amide bonds. The van der Waals surface area contributed by atoms with Crippen molar-refractivity contribution in [3.05, 3.63) is 18.0 Å². The molecule has 0 fully saturated rings. The van der Waals surface area contributed by atoms with Crippen LogP contribution in [0.4, 0.5) is 0 Å². The van der Waals surface area contributed by atoms with Crippen molar-refractivity contribution >= 4 is 5.96 Å². The first-order valence-corrected chi connectivity index (χ1v) is 8.61. The lowest BCUT2D eigenvalue weighted by atomic mass is 10.2. The molecule has 0 saturated carbocycles. The van der Waals surface area contributed by atoms with Crippen molar-refractivity contribution in [2.75, 3.05) is 26.7 Å². The minimum absolute atomic E-state index is 0.561. The van der Waals surface area contributed by atoms with E-state index >= 15 is 0 Å². The van der Waals surface area contributed by atoms with Crippen LogP contribution in [0.15, 0.2) is 17.4 Å². The molecule has 6 heteroatoms. The number of nitrogens with zero attached hydrogens (tertiary/aromatic N) is 4. The maximum Gasteiger partial charge on any atom is 0.191 e. The van der Waals surface area contributed by atoms with Crippen LogP contribution in [0.25, 0.3) is 0 Å². The van der Waals surface area contributed by atoms with Gasteiger partial charge in [0.2, 0.25) is 0 Å². The van der Waals surface area contributed by atoms with E-state index in [-0.39, 0.29) is 0 Å². The van der Waals surface area contributed by atoms with Gasteiger partial charge in [-0.15, -0.1) is 0 Å². The van der Waals surface area contributed by atoms with E-state index in [1.807, 2.05) is 25.0 Å². The van der Waals surface area contributed by atoms with E-state index in [0.717, 1.165) is 38.4 Å². The zero-order valence-corrected chi connectivity index (χ0v) is 15.6. The third-order valence-electron chi connectivity index (χ3n) is 3.91. The molecule has 0 unspecified atom stereocenters. The van der Waals surface area contributed by atoms with Gasteiger partial charge in [0.15, 0.2) is 5.96 Å². The summed E-state index contributed by atoms with van der Waals surface area (Å²) in [6.07, 6.45) is 6.10. The molecule has 0 atom stereocenters. The average molecular weight is 323 g/mol. The SMILES string of the molecule is CN=C(NCCCc1cnn(C)c1)NCCN(C(C)C)C(C)C. The number of rotatable bonds is 9. The summed E-state index contributed by atoms with van der Waals surface area (Å²) in [7, 11) is 3.77. The third-order valence-corrected chi connectivity index (χ3v) is 3.91. The van der Waals surface area contributed by atoms with Gasteiger partial charge in [0.25, 0.3) is 0 Å². The van der Waals surface area contributed by atoms with Crippen LogP contribution in [-0.2, 0) is 13.5 Å². The fourth-order valence-corrected chi connectivity index (χ4v) is 2.74. The average Bonchev–Trinajstić information content (AvgIpc) is 2.90. The Balaban J connectivity index is 2.21. The van der Waals surface area contributed by atoms with Crippen LogP contribution in [-0.4, -0.2) is 59.4 Å². The fourth-order valence-electron chi connectivity index (χ4n) is 2.74. The number of aromatic nitrogens is 2. The second-order valence-corrected chi connectivity index (χ2v) is 6.48. The number of nitrogens with one attached hydrogen (secondary N) is 2. The van der Waals surface area contributed by atoms with E-state index in [0.29, 0.717) is 12.1 Å². The van der Waals surface area contributed by atoms with Crippen molar-refractivity contribution in [2.24, 2.45) is 12.0 Å². The summed E-state index contributed by atoms with van der Waals surface area (Å²) >= 11 is 0. The van der Waals surface area contributed by atoms with Crippen LogP contribution in [0.1, 0.15) is 39.7 Å². The predicted octanol–water partition coefficient (Wildman–Crippen LogP) is 1.64. The van der Waals surface area contributed by atoms with E-state index in [4.69, 9.17) is 0 Å². The summed E-state index contributed by atoms with van der Waals surface area (Å²) in [5, 5.41) is 11.0. The van der Waals surface area contributed by atoms with Crippen LogP contribution in [0.2, 0.25) is 0 Å². The van der Waals surface area contributed by atoms with Crippen LogP contribution in [0.5, 0.6) is 0 Å². The standard InChI is InChI=1S/C17H34N6/c1-14(2)23(15(3)4)11-10-20-17(18-5)19-9-7-8-16-12-21-22(6)13-16/h12-15H,7-11H2,1-6H3,(H2,18,19,20). The van der Waals surface area contributed by atoms with E-state index in [2.05, 4.69) is 59.5 Å². The van der Waals surface area contributed by atoms with Gasteiger partial charge in [-0.1, -0.05) is 0 Å². The number of guanidine groups is 1. The van der Waals surface area contributed by atoms with E-state index < -0.39 is 0 Å². The topological polar surface area (TPSA) is 57.5 Å². The highest BCUT2D eigenvalue weighted by atomic mass is 15.2. The third kappa shape index (κ3) is 7.50. The Kier molecular flexibility index (Phi) is 8.69. The Morgan fingerprint density at radius 3 is 2.39 bits per heavy atom. The Morgan fingerprint density at radius 1 is 1.22 bits per heavy atom. The van der Waals surface area contributed by atoms with Gasteiger partial charge in [-0.3, -0.25) is 14.6 Å². The quantitative estimate of drug-likeness (QED) is 0.412. The van der Waals surface area contributed by atoms with Crippen LogP contribution >= 0.6 is 0 Å². The maximum atomic E-state index is 4.28. The summed E-state index contributed by atoms with van der Waals surface area (Å²) in [6, 6.07) is 1.12. The minimum Gasteiger partial charge on any atom is -0.356 e. The first-order chi connectivity index (χ1) is 10.9. The Bertz CT molecular complexity index is 455. The summed E-state index contributed by atoms with van der Waals surface area (Å²) in [5.41, 5.74) is 1.28. The molecule has 1 aromatic heterocycles. The first-order valence-electron chi connectivity index (χ1n) is 8.61. The summed E-state index contributed by atoms with van der Waals surface area (Å²) in [5.74, 6) is 0.878. The molecule has 0 radical (unpaired) electrons. The van der Waals surface area contributed by atoms with Crippen molar-refractivity contribution in [1.29, 1.82) is 0 Å². The molecular formula is C17H34N6. The molecule has 0 aliphatic carbocycles. The van der Waals surface area contributed by atoms with Crippen molar-refractivity contribution in [3.63, 3.8) is 0 Å². The van der Waals surface area contributed by atoms with Crippen molar-refractivity contribution in [1.82, 2.24) is 25.3 Å². The number of aryl methyl sites for hydroxylation is 2.